The predicted molar refractivity (Wildman–Crippen MR) is 109 cm³/mol. The van der Waals surface area contributed by atoms with Gasteiger partial charge < -0.3 is 4.57 Å². The molecular weight excluding hydrogens is 340 g/mol. The topological polar surface area (TPSA) is 8.17 Å². The molecule has 2 heterocycles. The Kier molecular flexibility index (Phi) is 5.14. The van der Waals surface area contributed by atoms with Crippen molar-refractivity contribution >= 4 is 11.6 Å². The molecule has 1 aliphatic rings. The fourth-order valence-electron chi connectivity index (χ4n) is 4.00. The molecule has 1 atom stereocenters. The van der Waals surface area contributed by atoms with Gasteiger partial charge in [0.15, 0.2) is 0 Å². The van der Waals surface area contributed by atoms with Crippen LogP contribution in [0.4, 0.5) is 0 Å². The van der Waals surface area contributed by atoms with Crippen LogP contribution in [0.25, 0.3) is 0 Å². The average Bonchev–Trinajstić information content (AvgIpc) is 3.04. The molecule has 0 amide bonds. The minimum absolute atomic E-state index is 0.275. The Balaban J connectivity index is 1.72. The molecule has 2 aromatic carbocycles. The Morgan fingerprint density at radius 1 is 0.962 bits per heavy atom. The smallest absolute Gasteiger partial charge is 0.0759 e. The Morgan fingerprint density at radius 3 is 2.58 bits per heavy atom. The van der Waals surface area contributed by atoms with Crippen LogP contribution in [0, 0.1) is 0 Å². The number of aromatic nitrogens is 1. The van der Waals surface area contributed by atoms with E-state index in [1.54, 1.807) is 0 Å². The average molecular weight is 365 g/mol. The molecule has 0 radical (unpaired) electrons. The molecule has 0 aliphatic carbocycles. The third-order valence-corrected chi connectivity index (χ3v) is 5.57. The number of benzene rings is 2. The molecule has 0 spiro atoms. The zero-order chi connectivity index (χ0) is 17.9. The second kappa shape index (κ2) is 7.69. The third kappa shape index (κ3) is 3.58. The highest BCUT2D eigenvalue weighted by molar-refractivity contribution is 6.30. The summed E-state index contributed by atoms with van der Waals surface area (Å²) in [5.74, 6) is 0. The molecule has 26 heavy (non-hydrogen) atoms. The van der Waals surface area contributed by atoms with Crippen molar-refractivity contribution in [2.75, 3.05) is 6.54 Å². The number of nitrogens with zero attached hydrogens (tertiary/aromatic N) is 2. The van der Waals surface area contributed by atoms with E-state index in [-0.39, 0.29) is 6.04 Å². The van der Waals surface area contributed by atoms with Gasteiger partial charge in [-0.1, -0.05) is 54.9 Å². The van der Waals surface area contributed by atoms with E-state index in [0.717, 1.165) is 37.5 Å². The van der Waals surface area contributed by atoms with E-state index >= 15 is 0 Å². The first kappa shape index (κ1) is 17.4. The van der Waals surface area contributed by atoms with E-state index in [9.17, 15) is 0 Å². The first-order valence-electron chi connectivity index (χ1n) is 9.47. The molecule has 3 heteroatoms. The first-order chi connectivity index (χ1) is 12.7. The van der Waals surface area contributed by atoms with Gasteiger partial charge in [0, 0.05) is 36.5 Å². The highest BCUT2D eigenvalue weighted by Crippen LogP contribution is 2.33. The minimum Gasteiger partial charge on any atom is -0.350 e. The normalized spacial score (nSPS) is 17.7. The molecule has 3 aromatic rings. The maximum atomic E-state index is 6.22. The zero-order valence-corrected chi connectivity index (χ0v) is 16.0. The number of rotatable bonds is 4. The number of aryl methyl sites for hydroxylation is 2. The summed E-state index contributed by atoms with van der Waals surface area (Å²) in [4.78, 5) is 2.59. The van der Waals surface area contributed by atoms with E-state index in [1.165, 1.54) is 22.4 Å². The standard InChI is InChI=1S/C23H25ClN2/c1-2-18-9-11-20(12-10-18)23-22-8-4-13-25(22)14-5-15-26(23)17-19-6-3-7-21(24)16-19/h3-4,6-13,16,23H,2,5,14-15,17H2,1H3/t23-/m1/s1. The van der Waals surface area contributed by atoms with Gasteiger partial charge in [0.2, 0.25) is 0 Å². The summed E-state index contributed by atoms with van der Waals surface area (Å²) in [5.41, 5.74) is 5.41. The number of hydrogen-bond acceptors (Lipinski definition) is 1. The van der Waals surface area contributed by atoms with Gasteiger partial charge in [-0.25, -0.2) is 0 Å². The van der Waals surface area contributed by atoms with Crippen molar-refractivity contribution in [3.8, 4) is 0 Å². The number of hydrogen-bond donors (Lipinski definition) is 0. The van der Waals surface area contributed by atoms with Gasteiger partial charge >= 0.3 is 0 Å². The second-order valence-corrected chi connectivity index (χ2v) is 7.51. The Labute approximate surface area is 161 Å². The van der Waals surface area contributed by atoms with Crippen molar-refractivity contribution < 1.29 is 0 Å². The molecule has 0 N–H and O–H groups in total. The van der Waals surface area contributed by atoms with Crippen LogP contribution < -0.4 is 0 Å². The Hall–Kier alpha value is -2.03. The number of halogens is 1. The van der Waals surface area contributed by atoms with Crippen molar-refractivity contribution in [2.24, 2.45) is 0 Å². The quantitative estimate of drug-likeness (QED) is 0.576. The highest BCUT2D eigenvalue weighted by atomic mass is 35.5. The maximum Gasteiger partial charge on any atom is 0.0759 e. The van der Waals surface area contributed by atoms with E-state index in [1.807, 2.05) is 12.1 Å². The van der Waals surface area contributed by atoms with E-state index in [4.69, 9.17) is 11.6 Å². The summed E-state index contributed by atoms with van der Waals surface area (Å²) in [6.45, 7) is 5.27. The van der Waals surface area contributed by atoms with Gasteiger partial charge in [0.25, 0.3) is 0 Å². The lowest BCUT2D eigenvalue weighted by molar-refractivity contribution is 0.220. The molecule has 2 nitrogen and oxygen atoms in total. The van der Waals surface area contributed by atoms with E-state index < -0.39 is 0 Å². The van der Waals surface area contributed by atoms with Crippen LogP contribution in [-0.4, -0.2) is 16.0 Å². The fraction of sp³-hybridized carbons (Fsp3) is 0.304. The van der Waals surface area contributed by atoms with Gasteiger partial charge in [0.05, 0.1) is 6.04 Å². The largest absolute Gasteiger partial charge is 0.350 e. The Bertz CT molecular complexity index is 866. The fourth-order valence-corrected chi connectivity index (χ4v) is 4.21. The molecule has 4 rings (SSSR count). The van der Waals surface area contributed by atoms with E-state index in [0.29, 0.717) is 0 Å². The van der Waals surface area contributed by atoms with Crippen LogP contribution >= 0.6 is 11.6 Å². The summed E-state index contributed by atoms with van der Waals surface area (Å²) in [6.07, 6.45) is 4.45. The molecule has 1 aromatic heterocycles. The SMILES string of the molecule is CCc1ccc([C@@H]2c3cccn3CCCN2Cc2cccc(Cl)c2)cc1. The summed E-state index contributed by atoms with van der Waals surface area (Å²) in [6, 6.07) is 22.1. The maximum absolute atomic E-state index is 6.22. The summed E-state index contributed by atoms with van der Waals surface area (Å²) in [7, 11) is 0. The molecule has 0 fully saturated rings. The van der Waals surface area contributed by atoms with Crippen LogP contribution in [-0.2, 0) is 19.5 Å². The molecular formula is C23H25ClN2. The summed E-state index contributed by atoms with van der Waals surface area (Å²) < 4.78 is 2.41. The first-order valence-corrected chi connectivity index (χ1v) is 9.85. The van der Waals surface area contributed by atoms with E-state index in [2.05, 4.69) is 71.1 Å². The van der Waals surface area contributed by atoms with Crippen molar-refractivity contribution in [2.45, 2.75) is 38.9 Å². The number of fused-ring (bicyclic) bond motifs is 1. The van der Waals surface area contributed by atoms with Gasteiger partial charge in [-0.3, -0.25) is 4.90 Å². The molecule has 0 saturated carbocycles. The lowest BCUT2D eigenvalue weighted by Crippen LogP contribution is -2.29. The molecule has 0 unspecified atom stereocenters. The molecule has 134 valence electrons. The molecule has 0 saturated heterocycles. The van der Waals surface area contributed by atoms with Crippen molar-refractivity contribution in [3.63, 3.8) is 0 Å². The summed E-state index contributed by atoms with van der Waals surface area (Å²) >= 11 is 6.22. The molecule has 1 aliphatic heterocycles. The monoisotopic (exact) mass is 364 g/mol. The van der Waals surface area contributed by atoms with Crippen LogP contribution in [0.2, 0.25) is 5.02 Å². The van der Waals surface area contributed by atoms with Crippen molar-refractivity contribution in [3.05, 3.63) is 94.3 Å². The lowest BCUT2D eigenvalue weighted by atomic mass is 9.99. The predicted octanol–water partition coefficient (Wildman–Crippen LogP) is 5.70. The Morgan fingerprint density at radius 2 is 1.81 bits per heavy atom. The summed E-state index contributed by atoms with van der Waals surface area (Å²) in [5, 5.41) is 0.810. The van der Waals surface area contributed by atoms with Gasteiger partial charge in [-0.15, -0.1) is 0 Å². The van der Waals surface area contributed by atoms with Crippen LogP contribution in [0.3, 0.4) is 0 Å². The highest BCUT2D eigenvalue weighted by Gasteiger charge is 2.27. The minimum atomic E-state index is 0.275. The van der Waals surface area contributed by atoms with Crippen LogP contribution in [0.15, 0.2) is 66.9 Å². The third-order valence-electron chi connectivity index (χ3n) is 5.33. The van der Waals surface area contributed by atoms with Gasteiger partial charge in [-0.2, -0.15) is 0 Å². The van der Waals surface area contributed by atoms with Crippen molar-refractivity contribution in [1.29, 1.82) is 0 Å². The zero-order valence-electron chi connectivity index (χ0n) is 15.2. The van der Waals surface area contributed by atoms with Crippen LogP contribution in [0.5, 0.6) is 0 Å². The molecule has 0 bridgehead atoms. The van der Waals surface area contributed by atoms with Gasteiger partial charge in [0.1, 0.15) is 0 Å². The van der Waals surface area contributed by atoms with Crippen LogP contribution in [0.1, 0.15) is 41.8 Å². The van der Waals surface area contributed by atoms with Crippen molar-refractivity contribution in [1.82, 2.24) is 9.47 Å². The lowest BCUT2D eigenvalue weighted by Gasteiger charge is -2.31. The second-order valence-electron chi connectivity index (χ2n) is 7.08. The van der Waals surface area contributed by atoms with Gasteiger partial charge in [-0.05, 0) is 53.8 Å².